The van der Waals surface area contributed by atoms with Crippen LogP contribution in [0.5, 0.6) is 0 Å². The Bertz CT molecular complexity index is 300. The van der Waals surface area contributed by atoms with Gasteiger partial charge in [-0.3, -0.25) is 4.79 Å². The number of halogens is 2. The summed E-state index contributed by atoms with van der Waals surface area (Å²) in [5.41, 5.74) is -0.567. The van der Waals surface area contributed by atoms with E-state index in [1.807, 2.05) is 6.92 Å². The molecule has 0 aromatic carbocycles. The Morgan fingerprint density at radius 2 is 1.88 bits per heavy atom. The molecule has 0 aromatic heterocycles. The minimum absolute atomic E-state index is 0.0123. The summed E-state index contributed by atoms with van der Waals surface area (Å²) in [7, 11) is 0. The minimum atomic E-state index is -0.845. The van der Waals surface area contributed by atoms with E-state index >= 15 is 0 Å². The first-order chi connectivity index (χ1) is 7.96. The molecule has 2 rings (SSSR count). The van der Waals surface area contributed by atoms with E-state index in [1.54, 1.807) is 0 Å². The molecule has 2 aliphatic rings. The third-order valence-corrected chi connectivity index (χ3v) is 5.42. The third-order valence-electron chi connectivity index (χ3n) is 4.32. The highest BCUT2D eigenvalue weighted by Gasteiger charge is 2.67. The number of nitrogens with one attached hydrogen (secondary N) is 1. The molecule has 0 aliphatic heterocycles. The van der Waals surface area contributed by atoms with Crippen LogP contribution in [-0.4, -0.2) is 16.8 Å². The van der Waals surface area contributed by atoms with Gasteiger partial charge in [-0.2, -0.15) is 0 Å². The maximum Gasteiger partial charge on any atom is 0.229 e. The van der Waals surface area contributed by atoms with Crippen molar-refractivity contribution >= 4 is 29.1 Å². The van der Waals surface area contributed by atoms with E-state index in [4.69, 9.17) is 23.2 Å². The van der Waals surface area contributed by atoms with Gasteiger partial charge in [0, 0.05) is 6.54 Å². The van der Waals surface area contributed by atoms with E-state index in [2.05, 4.69) is 5.32 Å². The normalized spacial score (nSPS) is 32.2. The summed E-state index contributed by atoms with van der Waals surface area (Å²) < 4.78 is -0.845. The second-order valence-electron chi connectivity index (χ2n) is 5.76. The smallest absolute Gasteiger partial charge is 0.229 e. The molecule has 0 saturated heterocycles. The Balaban J connectivity index is 1.67. The summed E-state index contributed by atoms with van der Waals surface area (Å²) >= 11 is 12.0. The van der Waals surface area contributed by atoms with Gasteiger partial charge < -0.3 is 5.32 Å². The average Bonchev–Trinajstić information content (AvgIpc) is 2.81. The SMILES string of the molecule is CC1(C(=O)NCCC2CCCCC2)CC1(Cl)Cl. The lowest BCUT2D eigenvalue weighted by atomic mass is 9.87. The van der Waals surface area contributed by atoms with Crippen molar-refractivity contribution in [3.8, 4) is 0 Å². The topological polar surface area (TPSA) is 29.1 Å². The van der Waals surface area contributed by atoms with E-state index in [0.29, 0.717) is 6.42 Å². The molecule has 98 valence electrons. The van der Waals surface area contributed by atoms with Gasteiger partial charge in [0.25, 0.3) is 0 Å². The van der Waals surface area contributed by atoms with Crippen LogP contribution in [0.15, 0.2) is 0 Å². The van der Waals surface area contributed by atoms with Gasteiger partial charge in [-0.25, -0.2) is 0 Å². The van der Waals surface area contributed by atoms with Crippen molar-refractivity contribution in [1.29, 1.82) is 0 Å². The van der Waals surface area contributed by atoms with E-state index < -0.39 is 9.75 Å². The molecule has 4 heteroatoms. The zero-order valence-electron chi connectivity index (χ0n) is 10.4. The number of amides is 1. The highest BCUT2D eigenvalue weighted by molar-refractivity contribution is 6.53. The predicted octanol–water partition coefficient (Wildman–Crippen LogP) is 3.66. The lowest BCUT2D eigenvalue weighted by Gasteiger charge is -2.22. The number of hydrogen-bond acceptors (Lipinski definition) is 1. The number of hydrogen-bond donors (Lipinski definition) is 1. The van der Waals surface area contributed by atoms with Crippen LogP contribution in [0.25, 0.3) is 0 Å². The molecular weight excluding hydrogens is 257 g/mol. The number of rotatable bonds is 4. The molecule has 2 nitrogen and oxygen atoms in total. The highest BCUT2D eigenvalue weighted by Crippen LogP contribution is 2.63. The van der Waals surface area contributed by atoms with Crippen molar-refractivity contribution < 1.29 is 4.79 Å². The van der Waals surface area contributed by atoms with Crippen LogP contribution in [-0.2, 0) is 4.79 Å². The van der Waals surface area contributed by atoms with Crippen LogP contribution in [0.1, 0.15) is 51.9 Å². The minimum Gasteiger partial charge on any atom is -0.356 e. The Hall–Kier alpha value is 0.0500. The Morgan fingerprint density at radius 3 is 2.41 bits per heavy atom. The summed E-state index contributed by atoms with van der Waals surface area (Å²) in [6.07, 6.45) is 8.38. The quantitative estimate of drug-likeness (QED) is 0.781. The Kier molecular flexibility index (Phi) is 3.94. The van der Waals surface area contributed by atoms with Gasteiger partial charge in [0.2, 0.25) is 5.91 Å². The molecule has 1 N–H and O–H groups in total. The van der Waals surface area contributed by atoms with E-state index in [9.17, 15) is 4.79 Å². The third kappa shape index (κ3) is 2.90. The molecule has 1 atom stereocenters. The summed E-state index contributed by atoms with van der Waals surface area (Å²) in [4.78, 5) is 11.9. The summed E-state index contributed by atoms with van der Waals surface area (Å²) in [6.45, 7) is 2.60. The predicted molar refractivity (Wildman–Crippen MR) is 71.4 cm³/mol. The number of carbonyl (C=O) groups is 1. The molecule has 2 saturated carbocycles. The monoisotopic (exact) mass is 277 g/mol. The number of carbonyl (C=O) groups excluding carboxylic acids is 1. The van der Waals surface area contributed by atoms with Crippen LogP contribution in [0, 0.1) is 11.3 Å². The molecular formula is C13H21Cl2NO. The summed E-state index contributed by atoms with van der Waals surface area (Å²) in [6, 6.07) is 0. The van der Waals surface area contributed by atoms with Crippen LogP contribution in [0.3, 0.4) is 0 Å². The van der Waals surface area contributed by atoms with Crippen LogP contribution in [0.2, 0.25) is 0 Å². The number of alkyl halides is 2. The lowest BCUT2D eigenvalue weighted by Crippen LogP contribution is -2.34. The van der Waals surface area contributed by atoms with Crippen molar-refractivity contribution in [3.05, 3.63) is 0 Å². The molecule has 2 aliphatic carbocycles. The zero-order chi connectivity index (χ0) is 12.5. The van der Waals surface area contributed by atoms with Crippen molar-refractivity contribution in [2.45, 2.75) is 56.2 Å². The van der Waals surface area contributed by atoms with Crippen LogP contribution < -0.4 is 5.32 Å². The molecule has 0 bridgehead atoms. The largest absolute Gasteiger partial charge is 0.356 e. The maximum absolute atomic E-state index is 11.9. The van der Waals surface area contributed by atoms with Crippen LogP contribution >= 0.6 is 23.2 Å². The molecule has 17 heavy (non-hydrogen) atoms. The molecule has 0 heterocycles. The highest BCUT2D eigenvalue weighted by atomic mass is 35.5. The average molecular weight is 278 g/mol. The van der Waals surface area contributed by atoms with Gasteiger partial charge in [-0.1, -0.05) is 32.1 Å². The van der Waals surface area contributed by atoms with Crippen molar-refractivity contribution in [2.75, 3.05) is 6.54 Å². The van der Waals surface area contributed by atoms with Crippen LogP contribution in [0.4, 0.5) is 0 Å². The van der Waals surface area contributed by atoms with E-state index in [1.165, 1.54) is 32.1 Å². The van der Waals surface area contributed by atoms with E-state index in [0.717, 1.165) is 18.9 Å². The zero-order valence-corrected chi connectivity index (χ0v) is 11.9. The van der Waals surface area contributed by atoms with Gasteiger partial charge >= 0.3 is 0 Å². The van der Waals surface area contributed by atoms with E-state index in [-0.39, 0.29) is 5.91 Å². The fourth-order valence-corrected chi connectivity index (χ4v) is 3.41. The van der Waals surface area contributed by atoms with Gasteiger partial charge in [0.05, 0.1) is 5.41 Å². The molecule has 0 radical (unpaired) electrons. The first kappa shape index (κ1) is 13.5. The van der Waals surface area contributed by atoms with Gasteiger partial charge in [0.1, 0.15) is 4.33 Å². The maximum atomic E-state index is 11.9. The molecule has 0 aromatic rings. The Morgan fingerprint density at radius 1 is 1.29 bits per heavy atom. The van der Waals surface area contributed by atoms with Gasteiger partial charge in [0.15, 0.2) is 0 Å². The molecule has 0 spiro atoms. The van der Waals surface area contributed by atoms with Gasteiger partial charge in [-0.05, 0) is 25.7 Å². The fourth-order valence-electron chi connectivity index (χ4n) is 2.71. The fraction of sp³-hybridized carbons (Fsp3) is 0.923. The van der Waals surface area contributed by atoms with Gasteiger partial charge in [-0.15, -0.1) is 23.2 Å². The standard InChI is InChI=1S/C13H21Cl2NO/c1-12(9-13(12,14)15)11(17)16-8-7-10-5-3-2-4-6-10/h10H,2-9H2,1H3,(H,16,17). The van der Waals surface area contributed by atoms with Crippen molar-refractivity contribution in [1.82, 2.24) is 5.32 Å². The molecule has 1 amide bonds. The van der Waals surface area contributed by atoms with Crippen molar-refractivity contribution in [2.24, 2.45) is 11.3 Å². The Labute approximate surface area is 113 Å². The van der Waals surface area contributed by atoms with Crippen molar-refractivity contribution in [3.63, 3.8) is 0 Å². The second-order valence-corrected chi connectivity index (χ2v) is 7.25. The second kappa shape index (κ2) is 4.97. The first-order valence-electron chi connectivity index (χ1n) is 6.62. The summed E-state index contributed by atoms with van der Waals surface area (Å²) in [5, 5.41) is 2.98. The lowest BCUT2D eigenvalue weighted by molar-refractivity contribution is -0.125. The summed E-state index contributed by atoms with van der Waals surface area (Å²) in [5.74, 6) is 0.811. The molecule has 2 fully saturated rings. The first-order valence-corrected chi connectivity index (χ1v) is 7.37. The molecule has 1 unspecified atom stereocenters.